The Kier molecular flexibility index (Phi) is 2.93. The van der Waals surface area contributed by atoms with Gasteiger partial charge in [0.1, 0.15) is 5.82 Å². The van der Waals surface area contributed by atoms with Crippen molar-refractivity contribution in [2.75, 3.05) is 5.73 Å². The molecule has 0 amide bonds. The Morgan fingerprint density at radius 2 is 1.72 bits per heavy atom. The second kappa shape index (κ2) is 4.40. The Morgan fingerprint density at radius 3 is 2.28 bits per heavy atom. The highest BCUT2D eigenvalue weighted by Gasteiger charge is 2.11. The minimum Gasteiger partial charge on any atom is -0.383 e. The van der Waals surface area contributed by atoms with Crippen molar-refractivity contribution in [1.29, 1.82) is 0 Å². The minimum absolute atomic E-state index is 0.0652. The fourth-order valence-electron chi connectivity index (χ4n) is 1.77. The van der Waals surface area contributed by atoms with Crippen LogP contribution in [0.5, 0.6) is 0 Å². The molecule has 92 valence electrons. The zero-order valence-corrected chi connectivity index (χ0v) is 10.0. The van der Waals surface area contributed by atoms with Gasteiger partial charge in [-0.25, -0.2) is 4.98 Å². The van der Waals surface area contributed by atoms with Crippen LogP contribution in [0.3, 0.4) is 0 Å². The lowest BCUT2D eigenvalue weighted by Gasteiger charge is -2.05. The van der Waals surface area contributed by atoms with Crippen LogP contribution in [-0.4, -0.2) is 14.9 Å². The van der Waals surface area contributed by atoms with Gasteiger partial charge in [-0.2, -0.15) is 0 Å². The Morgan fingerprint density at radius 1 is 1.11 bits per heavy atom. The first-order valence-electron chi connectivity index (χ1n) is 5.33. The van der Waals surface area contributed by atoms with Crippen LogP contribution in [0, 0.1) is 24.0 Å². The molecule has 0 radical (unpaired) electrons. The van der Waals surface area contributed by atoms with Crippen molar-refractivity contribution in [2.45, 2.75) is 13.8 Å². The summed E-state index contributed by atoms with van der Waals surface area (Å²) >= 11 is 0. The van der Waals surface area contributed by atoms with E-state index in [1.54, 1.807) is 0 Å². The SMILES string of the molecule is Cc1cc(-c2cc([N+](=O)[O-])cc(N)n2)cc(C)n1. The second-order valence-electron chi connectivity index (χ2n) is 4.03. The molecule has 0 bridgehead atoms. The minimum atomic E-state index is -0.484. The first kappa shape index (κ1) is 12.0. The molecule has 2 rings (SSSR count). The summed E-state index contributed by atoms with van der Waals surface area (Å²) < 4.78 is 0. The van der Waals surface area contributed by atoms with E-state index in [-0.39, 0.29) is 11.5 Å². The molecule has 0 saturated heterocycles. The van der Waals surface area contributed by atoms with E-state index in [4.69, 9.17) is 5.73 Å². The number of nitrogen functional groups attached to an aromatic ring is 1. The predicted octanol–water partition coefficient (Wildman–Crippen LogP) is 2.25. The number of hydrogen-bond donors (Lipinski definition) is 1. The zero-order valence-electron chi connectivity index (χ0n) is 10.0. The van der Waals surface area contributed by atoms with Gasteiger partial charge in [0.15, 0.2) is 0 Å². The molecule has 2 aromatic rings. The van der Waals surface area contributed by atoms with Crippen molar-refractivity contribution in [2.24, 2.45) is 0 Å². The number of rotatable bonds is 2. The highest BCUT2D eigenvalue weighted by molar-refractivity contribution is 5.65. The first-order valence-corrected chi connectivity index (χ1v) is 5.33. The molecule has 18 heavy (non-hydrogen) atoms. The molecular weight excluding hydrogens is 232 g/mol. The van der Waals surface area contributed by atoms with Crippen molar-refractivity contribution in [3.8, 4) is 11.3 Å². The van der Waals surface area contributed by atoms with E-state index >= 15 is 0 Å². The molecule has 2 N–H and O–H groups in total. The van der Waals surface area contributed by atoms with E-state index in [9.17, 15) is 10.1 Å². The van der Waals surface area contributed by atoms with Crippen molar-refractivity contribution in [1.82, 2.24) is 9.97 Å². The quantitative estimate of drug-likeness (QED) is 0.645. The van der Waals surface area contributed by atoms with Gasteiger partial charge in [-0.1, -0.05) is 0 Å². The van der Waals surface area contributed by atoms with Gasteiger partial charge in [0.25, 0.3) is 5.69 Å². The van der Waals surface area contributed by atoms with Crippen LogP contribution in [-0.2, 0) is 0 Å². The Hall–Kier alpha value is -2.50. The van der Waals surface area contributed by atoms with Crippen LogP contribution in [0.25, 0.3) is 11.3 Å². The number of hydrogen-bond acceptors (Lipinski definition) is 5. The number of aryl methyl sites for hydroxylation is 2. The molecule has 0 aromatic carbocycles. The molecule has 0 unspecified atom stereocenters. The molecule has 2 aromatic heterocycles. The lowest BCUT2D eigenvalue weighted by Crippen LogP contribution is -1.97. The monoisotopic (exact) mass is 244 g/mol. The van der Waals surface area contributed by atoms with Gasteiger partial charge < -0.3 is 5.73 Å². The Labute approximate surface area is 104 Å². The number of aromatic nitrogens is 2. The number of nitrogens with zero attached hydrogens (tertiary/aromatic N) is 3. The lowest BCUT2D eigenvalue weighted by atomic mass is 10.1. The summed E-state index contributed by atoms with van der Waals surface area (Å²) in [6, 6.07) is 6.28. The summed E-state index contributed by atoms with van der Waals surface area (Å²) in [5.41, 5.74) is 8.43. The lowest BCUT2D eigenvalue weighted by molar-refractivity contribution is -0.384. The maximum Gasteiger partial charge on any atom is 0.275 e. The van der Waals surface area contributed by atoms with E-state index < -0.39 is 4.92 Å². The summed E-state index contributed by atoms with van der Waals surface area (Å²) in [7, 11) is 0. The van der Waals surface area contributed by atoms with Crippen molar-refractivity contribution in [3.63, 3.8) is 0 Å². The molecule has 0 spiro atoms. The van der Waals surface area contributed by atoms with Gasteiger partial charge in [0.05, 0.1) is 16.7 Å². The average Bonchev–Trinajstić information content (AvgIpc) is 2.26. The topological polar surface area (TPSA) is 94.9 Å². The largest absolute Gasteiger partial charge is 0.383 e. The number of pyridine rings is 2. The summed E-state index contributed by atoms with van der Waals surface area (Å²) in [4.78, 5) is 18.7. The summed E-state index contributed by atoms with van der Waals surface area (Å²) in [6.07, 6.45) is 0. The predicted molar refractivity (Wildman–Crippen MR) is 68.0 cm³/mol. The molecule has 0 fully saturated rings. The van der Waals surface area contributed by atoms with Gasteiger partial charge in [0.2, 0.25) is 0 Å². The van der Waals surface area contributed by atoms with E-state index in [2.05, 4.69) is 9.97 Å². The van der Waals surface area contributed by atoms with Crippen LogP contribution in [0.1, 0.15) is 11.4 Å². The van der Waals surface area contributed by atoms with Crippen molar-refractivity contribution < 1.29 is 4.92 Å². The normalized spacial score (nSPS) is 10.3. The summed E-state index contributed by atoms with van der Waals surface area (Å²) in [6.45, 7) is 3.72. The van der Waals surface area contributed by atoms with E-state index in [0.717, 1.165) is 17.0 Å². The molecular formula is C12H12N4O2. The fraction of sp³-hybridized carbons (Fsp3) is 0.167. The van der Waals surface area contributed by atoms with Crippen molar-refractivity contribution in [3.05, 3.63) is 45.8 Å². The van der Waals surface area contributed by atoms with Crippen LogP contribution < -0.4 is 5.73 Å². The van der Waals surface area contributed by atoms with Gasteiger partial charge in [0, 0.05) is 23.0 Å². The van der Waals surface area contributed by atoms with Gasteiger partial charge in [-0.15, -0.1) is 0 Å². The summed E-state index contributed by atoms with van der Waals surface area (Å²) in [5.74, 6) is 0.131. The molecule has 2 heterocycles. The fourth-order valence-corrected chi connectivity index (χ4v) is 1.77. The van der Waals surface area contributed by atoms with E-state index in [1.807, 2.05) is 26.0 Å². The van der Waals surface area contributed by atoms with Crippen LogP contribution >= 0.6 is 0 Å². The van der Waals surface area contributed by atoms with Crippen molar-refractivity contribution >= 4 is 11.5 Å². The molecule has 0 aliphatic heterocycles. The third kappa shape index (κ3) is 2.42. The van der Waals surface area contributed by atoms with Crippen LogP contribution in [0.4, 0.5) is 11.5 Å². The smallest absolute Gasteiger partial charge is 0.275 e. The average molecular weight is 244 g/mol. The highest BCUT2D eigenvalue weighted by Crippen LogP contribution is 2.24. The van der Waals surface area contributed by atoms with Gasteiger partial charge in [-0.3, -0.25) is 15.1 Å². The Balaban J connectivity index is 2.59. The summed E-state index contributed by atoms with van der Waals surface area (Å²) in [5, 5.41) is 10.8. The number of nitrogens with two attached hydrogens (primary N) is 1. The third-order valence-electron chi connectivity index (χ3n) is 2.42. The highest BCUT2D eigenvalue weighted by atomic mass is 16.6. The first-order chi connectivity index (χ1) is 8.45. The number of anilines is 1. The van der Waals surface area contributed by atoms with E-state index in [1.165, 1.54) is 12.1 Å². The van der Waals surface area contributed by atoms with Gasteiger partial charge in [-0.05, 0) is 26.0 Å². The molecule has 0 saturated carbocycles. The molecule has 0 aliphatic carbocycles. The maximum atomic E-state index is 10.8. The van der Waals surface area contributed by atoms with Gasteiger partial charge >= 0.3 is 0 Å². The standard InChI is InChI=1S/C12H12N4O2/c1-7-3-9(4-8(2)14-7)11-5-10(16(17)18)6-12(13)15-11/h3-6H,1-2H3,(H2,13,15). The molecule has 0 atom stereocenters. The molecule has 0 aliphatic rings. The zero-order chi connectivity index (χ0) is 13.3. The molecule has 6 nitrogen and oxygen atoms in total. The second-order valence-corrected chi connectivity index (χ2v) is 4.03. The molecule has 6 heteroatoms. The third-order valence-corrected chi connectivity index (χ3v) is 2.42. The number of nitro groups is 1. The Bertz CT molecular complexity index is 605. The maximum absolute atomic E-state index is 10.8. The van der Waals surface area contributed by atoms with Crippen LogP contribution in [0.15, 0.2) is 24.3 Å². The van der Waals surface area contributed by atoms with Crippen LogP contribution in [0.2, 0.25) is 0 Å². The van der Waals surface area contributed by atoms with E-state index in [0.29, 0.717) is 5.69 Å².